The summed E-state index contributed by atoms with van der Waals surface area (Å²) in [6.45, 7) is 8.92. The minimum absolute atomic E-state index is 0.184. The number of methoxy groups -OCH3 is 1. The minimum Gasteiger partial charge on any atom is -0.469 e. The highest BCUT2D eigenvalue weighted by Crippen LogP contribution is 2.30. The van der Waals surface area contributed by atoms with Crippen LogP contribution < -0.4 is 0 Å². The van der Waals surface area contributed by atoms with Crippen molar-refractivity contribution >= 4 is 5.97 Å². The molecule has 3 heteroatoms. The molecular weight excluding hydrogens is 238 g/mol. The Morgan fingerprint density at radius 2 is 1.84 bits per heavy atom. The van der Waals surface area contributed by atoms with Crippen LogP contribution in [0.4, 0.5) is 0 Å². The van der Waals surface area contributed by atoms with Crippen molar-refractivity contribution in [1.82, 2.24) is 4.98 Å². The van der Waals surface area contributed by atoms with Crippen molar-refractivity contribution in [3.63, 3.8) is 0 Å². The van der Waals surface area contributed by atoms with E-state index in [2.05, 4.69) is 38.5 Å². The maximum atomic E-state index is 11.2. The molecule has 0 aliphatic heterocycles. The number of ether oxygens (including phenoxy) is 1. The topological polar surface area (TPSA) is 39.2 Å². The number of aromatic nitrogens is 1. The number of aryl methyl sites for hydroxylation is 1. The Labute approximate surface area is 116 Å². The summed E-state index contributed by atoms with van der Waals surface area (Å²) in [4.78, 5) is 15.9. The van der Waals surface area contributed by atoms with Crippen LogP contribution in [0.1, 0.15) is 51.4 Å². The third kappa shape index (κ3) is 4.66. The van der Waals surface area contributed by atoms with E-state index in [1.807, 2.05) is 12.1 Å². The van der Waals surface area contributed by atoms with E-state index in [-0.39, 0.29) is 5.97 Å². The summed E-state index contributed by atoms with van der Waals surface area (Å²) in [7, 11) is 1.42. The first-order valence-electron chi connectivity index (χ1n) is 6.98. The van der Waals surface area contributed by atoms with Gasteiger partial charge in [-0.05, 0) is 24.0 Å². The standard InChI is InChI=1S/C16H25NO2/c1-11(2)16(12(3)4)14-8-6-7-13(17-14)9-10-15(18)19-5/h6-8,11-12,16H,9-10H2,1-5H3. The molecule has 0 aliphatic rings. The van der Waals surface area contributed by atoms with Gasteiger partial charge in [-0.3, -0.25) is 9.78 Å². The lowest BCUT2D eigenvalue weighted by Gasteiger charge is -2.24. The van der Waals surface area contributed by atoms with Crippen LogP contribution in [0.5, 0.6) is 0 Å². The predicted octanol–water partition coefficient (Wildman–Crippen LogP) is 3.58. The highest BCUT2D eigenvalue weighted by Gasteiger charge is 2.21. The molecule has 0 spiro atoms. The molecule has 0 atom stereocenters. The first-order chi connectivity index (χ1) is 8.95. The van der Waals surface area contributed by atoms with Gasteiger partial charge in [0.05, 0.1) is 13.5 Å². The summed E-state index contributed by atoms with van der Waals surface area (Å²) in [6.07, 6.45) is 1.03. The second-order valence-corrected chi connectivity index (χ2v) is 5.64. The smallest absolute Gasteiger partial charge is 0.305 e. The fraction of sp³-hybridized carbons (Fsp3) is 0.625. The molecule has 0 N–H and O–H groups in total. The second kappa shape index (κ2) is 7.27. The van der Waals surface area contributed by atoms with Gasteiger partial charge in [-0.25, -0.2) is 0 Å². The predicted molar refractivity (Wildman–Crippen MR) is 77.0 cm³/mol. The van der Waals surface area contributed by atoms with Crippen molar-refractivity contribution in [2.45, 2.75) is 46.5 Å². The number of esters is 1. The van der Waals surface area contributed by atoms with Gasteiger partial charge >= 0.3 is 5.97 Å². The fourth-order valence-corrected chi connectivity index (χ4v) is 2.61. The quantitative estimate of drug-likeness (QED) is 0.736. The minimum atomic E-state index is -0.184. The normalized spacial score (nSPS) is 11.4. The molecule has 0 amide bonds. The van der Waals surface area contributed by atoms with E-state index in [4.69, 9.17) is 4.98 Å². The number of nitrogens with zero attached hydrogens (tertiary/aromatic N) is 1. The Morgan fingerprint density at radius 3 is 2.37 bits per heavy atom. The molecule has 0 aromatic carbocycles. The highest BCUT2D eigenvalue weighted by atomic mass is 16.5. The zero-order valence-corrected chi connectivity index (χ0v) is 12.6. The number of pyridine rings is 1. The Bertz CT molecular complexity index is 405. The van der Waals surface area contributed by atoms with E-state index in [1.165, 1.54) is 7.11 Å². The lowest BCUT2D eigenvalue weighted by atomic mass is 9.82. The van der Waals surface area contributed by atoms with Crippen LogP contribution in [0, 0.1) is 11.8 Å². The van der Waals surface area contributed by atoms with E-state index >= 15 is 0 Å². The second-order valence-electron chi connectivity index (χ2n) is 5.64. The van der Waals surface area contributed by atoms with Crippen LogP contribution in [0.15, 0.2) is 18.2 Å². The van der Waals surface area contributed by atoms with E-state index in [9.17, 15) is 4.79 Å². The lowest BCUT2D eigenvalue weighted by molar-refractivity contribution is -0.140. The zero-order valence-electron chi connectivity index (χ0n) is 12.6. The van der Waals surface area contributed by atoms with Gasteiger partial charge in [0.1, 0.15) is 0 Å². The van der Waals surface area contributed by atoms with E-state index < -0.39 is 0 Å². The fourth-order valence-electron chi connectivity index (χ4n) is 2.61. The van der Waals surface area contributed by atoms with Gasteiger partial charge in [0.2, 0.25) is 0 Å². The molecule has 0 fully saturated rings. The van der Waals surface area contributed by atoms with Crippen LogP contribution in [0.3, 0.4) is 0 Å². The van der Waals surface area contributed by atoms with E-state index in [0.717, 1.165) is 11.4 Å². The number of hydrogen-bond donors (Lipinski definition) is 0. The number of hydrogen-bond acceptors (Lipinski definition) is 3. The van der Waals surface area contributed by atoms with Crippen LogP contribution in [-0.2, 0) is 16.0 Å². The molecule has 0 aliphatic carbocycles. The monoisotopic (exact) mass is 263 g/mol. The molecule has 3 nitrogen and oxygen atoms in total. The van der Waals surface area contributed by atoms with Crippen molar-refractivity contribution in [3.8, 4) is 0 Å². The molecule has 1 rings (SSSR count). The number of rotatable bonds is 6. The van der Waals surface area contributed by atoms with Crippen molar-refractivity contribution < 1.29 is 9.53 Å². The summed E-state index contributed by atoms with van der Waals surface area (Å²) in [6, 6.07) is 6.10. The van der Waals surface area contributed by atoms with Gasteiger partial charge in [0, 0.05) is 23.7 Å². The highest BCUT2D eigenvalue weighted by molar-refractivity contribution is 5.69. The van der Waals surface area contributed by atoms with Gasteiger partial charge in [0.15, 0.2) is 0 Å². The molecule has 0 unspecified atom stereocenters. The average Bonchev–Trinajstić information content (AvgIpc) is 2.35. The Kier molecular flexibility index (Phi) is 6.00. The van der Waals surface area contributed by atoms with Crippen molar-refractivity contribution in [2.24, 2.45) is 11.8 Å². The Balaban J connectivity index is 2.83. The van der Waals surface area contributed by atoms with Gasteiger partial charge in [-0.15, -0.1) is 0 Å². The SMILES string of the molecule is COC(=O)CCc1cccc(C(C(C)C)C(C)C)n1. The van der Waals surface area contributed by atoms with Gasteiger partial charge in [-0.1, -0.05) is 33.8 Å². The zero-order chi connectivity index (χ0) is 14.4. The molecule has 19 heavy (non-hydrogen) atoms. The molecule has 106 valence electrons. The van der Waals surface area contributed by atoms with Crippen molar-refractivity contribution in [2.75, 3.05) is 7.11 Å². The number of carbonyl (C=O) groups excluding carboxylic acids is 1. The van der Waals surface area contributed by atoms with Crippen molar-refractivity contribution in [1.29, 1.82) is 0 Å². The molecule has 0 bridgehead atoms. The summed E-state index contributed by atoms with van der Waals surface area (Å²) in [5, 5.41) is 0. The summed E-state index contributed by atoms with van der Waals surface area (Å²) in [5.74, 6) is 1.39. The molecule has 1 heterocycles. The van der Waals surface area contributed by atoms with Crippen LogP contribution in [0.25, 0.3) is 0 Å². The molecule has 0 saturated heterocycles. The lowest BCUT2D eigenvalue weighted by Crippen LogP contribution is -2.15. The molecular formula is C16H25NO2. The molecule has 1 aromatic heterocycles. The van der Waals surface area contributed by atoms with Crippen LogP contribution in [0.2, 0.25) is 0 Å². The number of carbonyl (C=O) groups is 1. The summed E-state index contributed by atoms with van der Waals surface area (Å²) in [5.41, 5.74) is 2.10. The van der Waals surface area contributed by atoms with Gasteiger partial charge in [-0.2, -0.15) is 0 Å². The summed E-state index contributed by atoms with van der Waals surface area (Å²) < 4.78 is 4.66. The first-order valence-corrected chi connectivity index (χ1v) is 6.98. The maximum Gasteiger partial charge on any atom is 0.305 e. The Morgan fingerprint density at radius 1 is 1.21 bits per heavy atom. The average molecular weight is 263 g/mol. The van der Waals surface area contributed by atoms with E-state index in [1.54, 1.807) is 0 Å². The first kappa shape index (κ1) is 15.7. The molecule has 0 radical (unpaired) electrons. The maximum absolute atomic E-state index is 11.2. The molecule has 0 saturated carbocycles. The van der Waals surface area contributed by atoms with Crippen molar-refractivity contribution in [3.05, 3.63) is 29.6 Å². The van der Waals surface area contributed by atoms with Crippen LogP contribution in [-0.4, -0.2) is 18.1 Å². The molecule has 1 aromatic rings. The third-order valence-electron chi connectivity index (χ3n) is 3.42. The van der Waals surface area contributed by atoms with Gasteiger partial charge < -0.3 is 4.74 Å². The van der Waals surface area contributed by atoms with E-state index in [0.29, 0.717) is 30.6 Å². The summed E-state index contributed by atoms with van der Waals surface area (Å²) >= 11 is 0. The Hall–Kier alpha value is -1.38. The van der Waals surface area contributed by atoms with Crippen LogP contribution >= 0.6 is 0 Å². The largest absolute Gasteiger partial charge is 0.469 e. The third-order valence-corrected chi connectivity index (χ3v) is 3.42. The van der Waals surface area contributed by atoms with Gasteiger partial charge in [0.25, 0.3) is 0 Å².